The molecule has 2 aromatic rings. The maximum Gasteiger partial charge on any atom is 0.514 e. The van der Waals surface area contributed by atoms with E-state index in [0.29, 0.717) is 29.3 Å². The summed E-state index contributed by atoms with van der Waals surface area (Å²) in [5, 5.41) is 12.5. The van der Waals surface area contributed by atoms with E-state index < -0.39 is 6.16 Å². The predicted molar refractivity (Wildman–Crippen MR) is 96.5 cm³/mol. The molecule has 132 valence electrons. The molecule has 2 aliphatic rings. The molecule has 4 rings (SSSR count). The second-order valence-corrected chi connectivity index (χ2v) is 7.77. The minimum absolute atomic E-state index is 0.235. The molecule has 25 heavy (non-hydrogen) atoms. The van der Waals surface area contributed by atoms with Crippen molar-refractivity contribution in [2.45, 2.75) is 58.5 Å². The molecule has 2 aromatic carbocycles. The number of rotatable bonds is 2. The van der Waals surface area contributed by atoms with E-state index in [4.69, 9.17) is 9.47 Å². The van der Waals surface area contributed by atoms with Crippen molar-refractivity contribution in [2.75, 3.05) is 0 Å². The Bertz CT molecular complexity index is 868. The Labute approximate surface area is 147 Å². The highest BCUT2D eigenvalue weighted by atomic mass is 16.7. The monoisotopic (exact) mass is 340 g/mol. The highest BCUT2D eigenvalue weighted by Crippen LogP contribution is 2.63. The summed E-state index contributed by atoms with van der Waals surface area (Å²) < 4.78 is 10.9. The standard InChI is InChI=1S/C21H24O4/c1-10(2)24-21(23)25-20-16-11(3)6-5-7-14(16)19(22)18-15-9-13(17(18)20)8-12(15)4/h5-7,10,12-13,15,22H,8-9H2,1-4H3. The fourth-order valence-electron chi connectivity index (χ4n) is 4.77. The minimum atomic E-state index is -0.678. The van der Waals surface area contributed by atoms with Crippen molar-refractivity contribution in [1.29, 1.82) is 0 Å². The average Bonchev–Trinajstić information content (AvgIpc) is 3.08. The van der Waals surface area contributed by atoms with Crippen molar-refractivity contribution in [3.8, 4) is 11.5 Å². The van der Waals surface area contributed by atoms with Gasteiger partial charge in [-0.2, -0.15) is 0 Å². The molecule has 2 bridgehead atoms. The molecule has 0 heterocycles. The van der Waals surface area contributed by atoms with E-state index in [1.165, 1.54) is 0 Å². The van der Waals surface area contributed by atoms with Gasteiger partial charge in [-0.05, 0) is 56.9 Å². The Balaban J connectivity index is 1.96. The summed E-state index contributed by atoms with van der Waals surface area (Å²) in [6.45, 7) is 7.82. The second-order valence-electron chi connectivity index (χ2n) is 7.77. The van der Waals surface area contributed by atoms with Crippen LogP contribution in [-0.2, 0) is 4.74 Å². The summed E-state index contributed by atoms with van der Waals surface area (Å²) in [4.78, 5) is 12.2. The van der Waals surface area contributed by atoms with Crippen LogP contribution in [0.1, 0.15) is 62.1 Å². The van der Waals surface area contributed by atoms with Gasteiger partial charge in [-0.1, -0.05) is 25.1 Å². The van der Waals surface area contributed by atoms with Gasteiger partial charge in [-0.25, -0.2) is 4.79 Å². The Hall–Kier alpha value is -2.23. The van der Waals surface area contributed by atoms with Gasteiger partial charge in [0.15, 0.2) is 0 Å². The highest BCUT2D eigenvalue weighted by molar-refractivity contribution is 6.00. The van der Waals surface area contributed by atoms with Crippen molar-refractivity contribution >= 4 is 16.9 Å². The molecule has 1 fully saturated rings. The zero-order chi connectivity index (χ0) is 17.9. The molecule has 2 aliphatic carbocycles. The molecule has 1 saturated carbocycles. The van der Waals surface area contributed by atoms with Gasteiger partial charge in [-0.15, -0.1) is 0 Å². The molecule has 3 unspecified atom stereocenters. The molecule has 4 heteroatoms. The van der Waals surface area contributed by atoms with Crippen LogP contribution in [-0.4, -0.2) is 17.4 Å². The van der Waals surface area contributed by atoms with Gasteiger partial charge in [0.1, 0.15) is 11.5 Å². The third-order valence-electron chi connectivity index (χ3n) is 5.72. The van der Waals surface area contributed by atoms with Gasteiger partial charge in [0, 0.05) is 21.9 Å². The number of aryl methyl sites for hydroxylation is 1. The summed E-state index contributed by atoms with van der Waals surface area (Å²) in [5.74, 6) is 2.17. The number of carbonyl (C=O) groups is 1. The van der Waals surface area contributed by atoms with E-state index in [-0.39, 0.29) is 6.10 Å². The van der Waals surface area contributed by atoms with E-state index >= 15 is 0 Å². The maximum atomic E-state index is 12.2. The third-order valence-corrected chi connectivity index (χ3v) is 5.72. The summed E-state index contributed by atoms with van der Waals surface area (Å²) in [6.07, 6.45) is 1.18. The van der Waals surface area contributed by atoms with Crippen LogP contribution >= 0.6 is 0 Å². The predicted octanol–water partition coefficient (Wildman–Crippen LogP) is 5.39. The van der Waals surface area contributed by atoms with E-state index in [1.807, 2.05) is 25.1 Å². The SMILES string of the molecule is Cc1cccc2c(O)c3c(c(OC(=O)OC(C)C)c12)C1CC(C)C3C1. The van der Waals surface area contributed by atoms with Crippen molar-refractivity contribution in [3.05, 3.63) is 34.9 Å². The Morgan fingerprint density at radius 2 is 2.00 bits per heavy atom. The highest BCUT2D eigenvalue weighted by Gasteiger charge is 2.46. The van der Waals surface area contributed by atoms with Gasteiger partial charge in [0.05, 0.1) is 6.10 Å². The molecule has 0 saturated heterocycles. The number of aromatic hydroxyl groups is 1. The van der Waals surface area contributed by atoms with Crippen LogP contribution in [0.3, 0.4) is 0 Å². The van der Waals surface area contributed by atoms with E-state index in [0.717, 1.165) is 40.3 Å². The fourth-order valence-corrected chi connectivity index (χ4v) is 4.77. The van der Waals surface area contributed by atoms with Gasteiger partial charge in [0.2, 0.25) is 0 Å². The quantitative estimate of drug-likeness (QED) is 0.588. The van der Waals surface area contributed by atoms with Gasteiger partial charge in [-0.3, -0.25) is 0 Å². The summed E-state index contributed by atoms with van der Waals surface area (Å²) in [6, 6.07) is 5.80. The molecule has 4 nitrogen and oxygen atoms in total. The Morgan fingerprint density at radius 1 is 1.24 bits per heavy atom. The number of ether oxygens (including phenoxy) is 2. The summed E-state index contributed by atoms with van der Waals surface area (Å²) in [5.41, 5.74) is 2.98. The van der Waals surface area contributed by atoms with Crippen LogP contribution < -0.4 is 4.74 Å². The molecular formula is C21H24O4. The number of phenols is 1. The first-order chi connectivity index (χ1) is 11.9. The number of benzene rings is 2. The lowest BCUT2D eigenvalue weighted by molar-refractivity contribution is 0.0729. The van der Waals surface area contributed by atoms with E-state index in [2.05, 4.69) is 6.92 Å². The number of phenolic OH excluding ortho intramolecular Hbond substituents is 1. The molecule has 1 N–H and O–H groups in total. The van der Waals surface area contributed by atoms with Gasteiger partial charge in [0.25, 0.3) is 0 Å². The lowest BCUT2D eigenvalue weighted by atomic mass is 9.81. The van der Waals surface area contributed by atoms with Crippen LogP contribution in [0.4, 0.5) is 4.79 Å². The van der Waals surface area contributed by atoms with Crippen LogP contribution in [0.5, 0.6) is 11.5 Å². The largest absolute Gasteiger partial charge is 0.514 e. The lowest BCUT2D eigenvalue weighted by Gasteiger charge is -2.26. The first-order valence-electron chi connectivity index (χ1n) is 9.05. The normalized spacial score (nSPS) is 24.0. The summed E-state index contributed by atoms with van der Waals surface area (Å²) in [7, 11) is 0. The van der Waals surface area contributed by atoms with Crippen LogP contribution in [0.2, 0.25) is 0 Å². The molecular weight excluding hydrogens is 316 g/mol. The number of hydrogen-bond donors (Lipinski definition) is 1. The smallest absolute Gasteiger partial charge is 0.507 e. The Kier molecular flexibility index (Phi) is 3.67. The number of fused-ring (bicyclic) bond motifs is 6. The lowest BCUT2D eigenvalue weighted by Crippen LogP contribution is -2.18. The average molecular weight is 340 g/mol. The molecule has 0 aliphatic heterocycles. The maximum absolute atomic E-state index is 12.2. The minimum Gasteiger partial charge on any atom is -0.507 e. The van der Waals surface area contributed by atoms with E-state index in [1.54, 1.807) is 13.8 Å². The first kappa shape index (κ1) is 16.2. The molecule has 0 radical (unpaired) electrons. The summed E-state index contributed by atoms with van der Waals surface area (Å²) >= 11 is 0. The third kappa shape index (κ3) is 2.38. The van der Waals surface area contributed by atoms with Gasteiger partial charge < -0.3 is 14.6 Å². The van der Waals surface area contributed by atoms with Crippen molar-refractivity contribution < 1.29 is 19.4 Å². The van der Waals surface area contributed by atoms with Crippen LogP contribution in [0.25, 0.3) is 10.8 Å². The van der Waals surface area contributed by atoms with E-state index in [9.17, 15) is 9.90 Å². The number of carbonyl (C=O) groups excluding carboxylic acids is 1. The molecule has 0 aromatic heterocycles. The Morgan fingerprint density at radius 3 is 2.72 bits per heavy atom. The second kappa shape index (κ2) is 5.65. The molecule has 0 amide bonds. The zero-order valence-corrected chi connectivity index (χ0v) is 15.1. The van der Waals surface area contributed by atoms with Crippen molar-refractivity contribution in [2.24, 2.45) is 5.92 Å². The first-order valence-corrected chi connectivity index (χ1v) is 9.05. The van der Waals surface area contributed by atoms with Crippen molar-refractivity contribution in [1.82, 2.24) is 0 Å². The van der Waals surface area contributed by atoms with Crippen LogP contribution in [0.15, 0.2) is 18.2 Å². The molecule has 0 spiro atoms. The zero-order valence-electron chi connectivity index (χ0n) is 15.1. The molecule has 3 atom stereocenters. The number of hydrogen-bond acceptors (Lipinski definition) is 4. The van der Waals surface area contributed by atoms with Crippen LogP contribution in [0, 0.1) is 12.8 Å². The topological polar surface area (TPSA) is 55.8 Å². The fraction of sp³-hybridized carbons (Fsp3) is 0.476. The van der Waals surface area contributed by atoms with Gasteiger partial charge >= 0.3 is 6.16 Å². The van der Waals surface area contributed by atoms with Crippen molar-refractivity contribution in [3.63, 3.8) is 0 Å².